The molecule has 0 bridgehead atoms. The zero-order valence-electron chi connectivity index (χ0n) is 18.1. The molecule has 8 heteroatoms. The highest BCUT2D eigenvalue weighted by atomic mass is 35.5. The number of aromatic nitrogens is 3. The average molecular weight is 471 g/mol. The number of unbranched alkanes of at least 4 members (excludes halogenated alkanes) is 5. The molecule has 2 heterocycles. The highest BCUT2D eigenvalue weighted by Crippen LogP contribution is 2.36. The number of benzene rings is 2. The Morgan fingerprint density at radius 3 is 2.34 bits per heavy atom. The maximum atomic E-state index is 13.6. The van der Waals surface area contributed by atoms with Crippen LogP contribution in [0.4, 0.5) is 5.82 Å². The number of aryl methyl sites for hydroxylation is 1. The van der Waals surface area contributed by atoms with Crippen LogP contribution < -0.4 is 5.73 Å². The number of rotatable bonds is 9. The number of hydrogen-bond donors (Lipinski definition) is 1. The van der Waals surface area contributed by atoms with Gasteiger partial charge < -0.3 is 10.3 Å². The Balaban J connectivity index is 1.83. The van der Waals surface area contributed by atoms with Gasteiger partial charge in [0.2, 0.25) is 9.84 Å². The molecule has 4 aromatic rings. The predicted molar refractivity (Wildman–Crippen MR) is 130 cm³/mol. The van der Waals surface area contributed by atoms with E-state index in [1.165, 1.54) is 31.4 Å². The van der Waals surface area contributed by atoms with Gasteiger partial charge in [-0.25, -0.2) is 18.4 Å². The molecule has 0 atom stereocenters. The van der Waals surface area contributed by atoms with Crippen molar-refractivity contribution in [3.63, 3.8) is 0 Å². The second-order valence-corrected chi connectivity index (χ2v) is 10.3. The lowest BCUT2D eigenvalue weighted by Crippen LogP contribution is -2.08. The molecule has 0 aliphatic rings. The summed E-state index contributed by atoms with van der Waals surface area (Å²) >= 11 is 6.07. The predicted octanol–water partition coefficient (Wildman–Crippen LogP) is 6.01. The number of fused-ring (bicyclic) bond motifs is 2. The van der Waals surface area contributed by atoms with Gasteiger partial charge in [-0.05, 0) is 36.8 Å². The second-order valence-electron chi connectivity index (χ2n) is 7.98. The lowest BCUT2D eigenvalue weighted by Gasteiger charge is -2.08. The van der Waals surface area contributed by atoms with Crippen molar-refractivity contribution in [3.8, 4) is 0 Å². The van der Waals surface area contributed by atoms with Crippen LogP contribution in [0.2, 0.25) is 5.02 Å². The van der Waals surface area contributed by atoms with Gasteiger partial charge in [0.25, 0.3) is 0 Å². The summed E-state index contributed by atoms with van der Waals surface area (Å²) in [6.07, 6.45) is 6.72. The number of halogens is 1. The normalized spacial score (nSPS) is 12.1. The first kappa shape index (κ1) is 22.6. The van der Waals surface area contributed by atoms with Crippen LogP contribution in [-0.2, 0) is 16.4 Å². The summed E-state index contributed by atoms with van der Waals surface area (Å²) < 4.78 is 29.0. The number of nitrogens with zero attached hydrogens (tertiary/aromatic N) is 3. The van der Waals surface area contributed by atoms with E-state index in [9.17, 15) is 8.42 Å². The molecule has 0 aliphatic carbocycles. The summed E-state index contributed by atoms with van der Waals surface area (Å²) in [5.74, 6) is 0.170. The number of sulfone groups is 1. The second kappa shape index (κ2) is 9.46. The molecule has 32 heavy (non-hydrogen) atoms. The van der Waals surface area contributed by atoms with Crippen LogP contribution in [0.3, 0.4) is 0 Å². The standard InChI is InChI=1S/C24H27ClN4O2S/c1-2-3-4-5-6-9-15-29-23(26)22(32(30,31)18-12-10-11-17(25)16-18)21-24(29)28-20-14-8-7-13-19(20)27-21/h7-8,10-14,16H,2-6,9,15,26H2,1H3. The maximum Gasteiger partial charge on any atom is 0.212 e. The maximum absolute atomic E-state index is 13.6. The molecule has 4 rings (SSSR count). The van der Waals surface area contributed by atoms with E-state index in [1.807, 2.05) is 24.3 Å². The van der Waals surface area contributed by atoms with Gasteiger partial charge in [0.15, 0.2) is 5.65 Å². The first-order valence-corrected chi connectivity index (χ1v) is 12.8. The molecule has 0 aliphatic heterocycles. The van der Waals surface area contributed by atoms with Gasteiger partial charge in [0.05, 0.1) is 15.9 Å². The molecule has 2 N–H and O–H groups in total. The van der Waals surface area contributed by atoms with E-state index in [1.54, 1.807) is 16.7 Å². The molecule has 0 radical (unpaired) electrons. The lowest BCUT2D eigenvalue weighted by molar-refractivity contribution is 0.565. The van der Waals surface area contributed by atoms with Crippen LogP contribution in [0.15, 0.2) is 58.3 Å². The zero-order chi connectivity index (χ0) is 22.7. The van der Waals surface area contributed by atoms with Crippen LogP contribution in [0.1, 0.15) is 45.4 Å². The summed E-state index contributed by atoms with van der Waals surface area (Å²) in [6.45, 7) is 2.78. The molecule has 0 unspecified atom stereocenters. The summed E-state index contributed by atoms with van der Waals surface area (Å²) in [4.78, 5) is 9.50. The fourth-order valence-electron chi connectivity index (χ4n) is 3.98. The third-order valence-corrected chi connectivity index (χ3v) is 7.71. The van der Waals surface area contributed by atoms with Crippen molar-refractivity contribution in [1.29, 1.82) is 0 Å². The summed E-state index contributed by atoms with van der Waals surface area (Å²) in [7, 11) is -3.94. The Hall–Kier alpha value is -2.64. The van der Waals surface area contributed by atoms with Crippen LogP contribution in [0.5, 0.6) is 0 Å². The fraction of sp³-hybridized carbons (Fsp3) is 0.333. The minimum absolute atomic E-state index is 0.000923. The number of nitrogen functional groups attached to an aromatic ring is 1. The third-order valence-electron chi connectivity index (χ3n) is 5.66. The molecule has 0 spiro atoms. The van der Waals surface area contributed by atoms with Gasteiger partial charge in [0.1, 0.15) is 16.2 Å². The molecule has 0 fully saturated rings. The first-order valence-electron chi connectivity index (χ1n) is 11.0. The zero-order valence-corrected chi connectivity index (χ0v) is 19.7. The first-order chi connectivity index (χ1) is 15.4. The Morgan fingerprint density at radius 1 is 0.938 bits per heavy atom. The van der Waals surface area contributed by atoms with Crippen molar-refractivity contribution in [2.24, 2.45) is 0 Å². The highest BCUT2D eigenvalue weighted by molar-refractivity contribution is 7.92. The number of anilines is 1. The Morgan fingerprint density at radius 2 is 1.62 bits per heavy atom. The smallest absolute Gasteiger partial charge is 0.212 e. The molecule has 6 nitrogen and oxygen atoms in total. The van der Waals surface area contributed by atoms with E-state index in [0.29, 0.717) is 33.8 Å². The van der Waals surface area contributed by atoms with Gasteiger partial charge >= 0.3 is 0 Å². The van der Waals surface area contributed by atoms with Crippen molar-refractivity contribution in [1.82, 2.24) is 14.5 Å². The van der Waals surface area contributed by atoms with Crippen molar-refractivity contribution in [3.05, 3.63) is 53.6 Å². The third kappa shape index (κ3) is 4.32. The largest absolute Gasteiger partial charge is 0.384 e. The van der Waals surface area contributed by atoms with Crippen molar-refractivity contribution < 1.29 is 8.42 Å². The summed E-state index contributed by atoms with van der Waals surface area (Å²) in [6, 6.07) is 13.6. The van der Waals surface area contributed by atoms with Crippen LogP contribution in [-0.4, -0.2) is 23.0 Å². The number of nitrogens with two attached hydrogens (primary N) is 1. The molecule has 0 amide bonds. The van der Waals surface area contributed by atoms with Crippen LogP contribution in [0, 0.1) is 0 Å². The number of hydrogen-bond acceptors (Lipinski definition) is 5. The Labute approximate surface area is 193 Å². The quantitative estimate of drug-likeness (QED) is 0.302. The van der Waals surface area contributed by atoms with E-state index >= 15 is 0 Å². The van der Waals surface area contributed by atoms with E-state index < -0.39 is 9.84 Å². The molecule has 2 aromatic carbocycles. The average Bonchev–Trinajstić information content (AvgIpc) is 3.05. The van der Waals surface area contributed by atoms with E-state index in [0.717, 1.165) is 19.3 Å². The minimum Gasteiger partial charge on any atom is -0.384 e. The Kier molecular flexibility index (Phi) is 6.67. The molecule has 0 saturated heterocycles. The van der Waals surface area contributed by atoms with Gasteiger partial charge in [-0.1, -0.05) is 68.8 Å². The number of para-hydroxylation sites is 2. The van der Waals surface area contributed by atoms with E-state index in [2.05, 4.69) is 11.9 Å². The summed E-state index contributed by atoms with van der Waals surface area (Å²) in [5.41, 5.74) is 8.59. The van der Waals surface area contributed by atoms with E-state index in [4.69, 9.17) is 22.3 Å². The monoisotopic (exact) mass is 470 g/mol. The van der Waals surface area contributed by atoms with Crippen LogP contribution >= 0.6 is 11.6 Å². The van der Waals surface area contributed by atoms with Crippen molar-refractivity contribution in [2.75, 3.05) is 5.73 Å². The van der Waals surface area contributed by atoms with Crippen molar-refractivity contribution in [2.45, 2.75) is 61.8 Å². The SMILES string of the molecule is CCCCCCCCn1c(N)c(S(=O)(=O)c2cccc(Cl)c2)c2nc3ccccc3nc21. The Bertz CT molecular complexity index is 1370. The summed E-state index contributed by atoms with van der Waals surface area (Å²) in [5, 5.41) is 0.344. The van der Waals surface area contributed by atoms with Crippen molar-refractivity contribution >= 4 is 49.5 Å². The van der Waals surface area contributed by atoms with Gasteiger partial charge in [-0.3, -0.25) is 0 Å². The molecular weight excluding hydrogens is 444 g/mol. The fourth-order valence-corrected chi connectivity index (χ4v) is 5.79. The van der Waals surface area contributed by atoms with E-state index in [-0.39, 0.29) is 15.6 Å². The molecule has 2 aromatic heterocycles. The topological polar surface area (TPSA) is 90.9 Å². The molecule has 0 saturated carbocycles. The van der Waals surface area contributed by atoms with Crippen LogP contribution in [0.25, 0.3) is 22.2 Å². The van der Waals surface area contributed by atoms with Gasteiger partial charge in [-0.2, -0.15) is 0 Å². The minimum atomic E-state index is -3.94. The van der Waals surface area contributed by atoms with Gasteiger partial charge in [0, 0.05) is 11.6 Å². The van der Waals surface area contributed by atoms with Gasteiger partial charge in [-0.15, -0.1) is 0 Å². The molecule has 168 valence electrons. The molecular formula is C24H27ClN4O2S. The highest BCUT2D eigenvalue weighted by Gasteiger charge is 2.30. The lowest BCUT2D eigenvalue weighted by atomic mass is 10.1.